The number of rotatable bonds is 8. The van der Waals surface area contributed by atoms with Crippen molar-refractivity contribution in [3.8, 4) is 0 Å². The minimum absolute atomic E-state index is 0.134. The van der Waals surface area contributed by atoms with Crippen LogP contribution in [0.15, 0.2) is 23.1 Å². The number of carbonyl (C=O) groups is 1. The normalized spacial score (nSPS) is 14.8. The molecule has 0 aliphatic carbocycles. The topological polar surface area (TPSA) is 69.7 Å². The molecule has 1 aromatic rings. The van der Waals surface area contributed by atoms with Crippen molar-refractivity contribution >= 4 is 21.6 Å². The first-order valence-corrected chi connectivity index (χ1v) is 10.6. The van der Waals surface area contributed by atoms with Gasteiger partial charge in [0.25, 0.3) is 5.91 Å². The number of amides is 1. The van der Waals surface area contributed by atoms with Crippen LogP contribution in [0.4, 0.5) is 5.69 Å². The van der Waals surface area contributed by atoms with Crippen molar-refractivity contribution in [3.63, 3.8) is 0 Å². The molecule has 0 saturated carbocycles. The Morgan fingerprint density at radius 3 is 2.36 bits per heavy atom. The standard InChI is InChI=1S/C18H29N3O3S/c1-4-11-19-25(23,24)17-14-15(18(22)20(5-2)6-3)9-10-16(17)21-12-7-8-13-21/h9-10,14,19H,4-8,11-13H2,1-3H3. The van der Waals surface area contributed by atoms with Gasteiger partial charge in [0.15, 0.2) is 0 Å². The van der Waals surface area contributed by atoms with Crippen LogP contribution >= 0.6 is 0 Å². The Kier molecular flexibility index (Phi) is 6.84. The summed E-state index contributed by atoms with van der Waals surface area (Å²) in [6, 6.07) is 5.06. The van der Waals surface area contributed by atoms with Gasteiger partial charge in [-0.05, 0) is 51.3 Å². The average molecular weight is 368 g/mol. The van der Waals surface area contributed by atoms with Crippen molar-refractivity contribution in [2.45, 2.75) is 44.9 Å². The molecule has 0 atom stereocenters. The van der Waals surface area contributed by atoms with Gasteiger partial charge in [-0.25, -0.2) is 13.1 Å². The van der Waals surface area contributed by atoms with Crippen molar-refractivity contribution in [1.29, 1.82) is 0 Å². The van der Waals surface area contributed by atoms with Gasteiger partial charge in [0.1, 0.15) is 4.90 Å². The van der Waals surface area contributed by atoms with Gasteiger partial charge in [0.05, 0.1) is 5.69 Å². The second kappa shape index (κ2) is 8.67. The van der Waals surface area contributed by atoms with E-state index in [2.05, 4.69) is 9.62 Å². The van der Waals surface area contributed by atoms with Gasteiger partial charge in [-0.3, -0.25) is 4.79 Å². The van der Waals surface area contributed by atoms with Crippen molar-refractivity contribution < 1.29 is 13.2 Å². The largest absolute Gasteiger partial charge is 0.370 e. The van der Waals surface area contributed by atoms with Crippen LogP contribution in [0.25, 0.3) is 0 Å². The van der Waals surface area contributed by atoms with E-state index in [0.29, 0.717) is 30.9 Å². The summed E-state index contributed by atoms with van der Waals surface area (Å²) >= 11 is 0. The summed E-state index contributed by atoms with van der Waals surface area (Å²) in [5, 5.41) is 0. The zero-order valence-electron chi connectivity index (χ0n) is 15.4. The van der Waals surface area contributed by atoms with Gasteiger partial charge in [-0.15, -0.1) is 0 Å². The van der Waals surface area contributed by atoms with Crippen LogP contribution < -0.4 is 9.62 Å². The lowest BCUT2D eigenvalue weighted by molar-refractivity contribution is 0.0773. The van der Waals surface area contributed by atoms with Crippen molar-refractivity contribution in [2.75, 3.05) is 37.6 Å². The quantitative estimate of drug-likeness (QED) is 0.766. The molecule has 25 heavy (non-hydrogen) atoms. The van der Waals surface area contributed by atoms with E-state index >= 15 is 0 Å². The van der Waals surface area contributed by atoms with Gasteiger partial charge in [0, 0.05) is 38.3 Å². The minimum atomic E-state index is -3.65. The van der Waals surface area contributed by atoms with Crippen LogP contribution in [0.5, 0.6) is 0 Å². The highest BCUT2D eigenvalue weighted by Gasteiger charge is 2.25. The van der Waals surface area contributed by atoms with Gasteiger partial charge in [-0.1, -0.05) is 6.92 Å². The third-order valence-corrected chi connectivity index (χ3v) is 6.03. The van der Waals surface area contributed by atoms with E-state index in [9.17, 15) is 13.2 Å². The SMILES string of the molecule is CCCNS(=O)(=O)c1cc(C(=O)N(CC)CC)ccc1N1CCCC1. The lowest BCUT2D eigenvalue weighted by Crippen LogP contribution is -2.32. The summed E-state index contributed by atoms with van der Waals surface area (Å²) in [4.78, 5) is 16.6. The summed E-state index contributed by atoms with van der Waals surface area (Å²) in [5.74, 6) is -0.134. The lowest BCUT2D eigenvalue weighted by Gasteiger charge is -2.23. The highest BCUT2D eigenvalue weighted by molar-refractivity contribution is 7.89. The minimum Gasteiger partial charge on any atom is -0.370 e. The molecule has 0 radical (unpaired) electrons. The molecule has 0 aromatic heterocycles. The maximum absolute atomic E-state index is 12.8. The lowest BCUT2D eigenvalue weighted by atomic mass is 10.1. The van der Waals surface area contributed by atoms with E-state index in [-0.39, 0.29) is 10.8 Å². The number of nitrogens with zero attached hydrogens (tertiary/aromatic N) is 2. The van der Waals surface area contributed by atoms with Gasteiger partial charge in [-0.2, -0.15) is 0 Å². The van der Waals surface area contributed by atoms with E-state index < -0.39 is 10.0 Å². The Labute approximate surface area is 151 Å². The average Bonchev–Trinajstić information content (AvgIpc) is 3.15. The molecule has 0 bridgehead atoms. The first-order valence-electron chi connectivity index (χ1n) is 9.12. The summed E-state index contributed by atoms with van der Waals surface area (Å²) in [7, 11) is -3.65. The van der Waals surface area contributed by atoms with E-state index in [1.165, 1.54) is 6.07 Å². The highest BCUT2D eigenvalue weighted by atomic mass is 32.2. The number of anilines is 1. The summed E-state index contributed by atoms with van der Waals surface area (Å²) in [5.41, 5.74) is 1.11. The van der Waals surface area contributed by atoms with Crippen molar-refractivity contribution in [1.82, 2.24) is 9.62 Å². The Hall–Kier alpha value is -1.60. The molecule has 0 unspecified atom stereocenters. The number of carbonyl (C=O) groups excluding carboxylic acids is 1. The second-order valence-electron chi connectivity index (χ2n) is 6.25. The van der Waals surface area contributed by atoms with E-state index in [4.69, 9.17) is 0 Å². The molecule has 2 rings (SSSR count). The van der Waals surface area contributed by atoms with Crippen LogP contribution in [0.1, 0.15) is 50.4 Å². The molecule has 140 valence electrons. The van der Waals surface area contributed by atoms with Gasteiger partial charge >= 0.3 is 0 Å². The van der Waals surface area contributed by atoms with E-state index in [1.807, 2.05) is 20.8 Å². The third-order valence-electron chi connectivity index (χ3n) is 4.54. The predicted octanol–water partition coefficient (Wildman–Crippen LogP) is 2.46. The molecule has 7 heteroatoms. The predicted molar refractivity (Wildman–Crippen MR) is 101 cm³/mol. The van der Waals surface area contributed by atoms with Crippen LogP contribution in [0.3, 0.4) is 0 Å². The Bertz CT molecular complexity index is 694. The fourth-order valence-corrected chi connectivity index (χ4v) is 4.47. The van der Waals surface area contributed by atoms with Crippen molar-refractivity contribution in [2.24, 2.45) is 0 Å². The fourth-order valence-electron chi connectivity index (χ4n) is 3.09. The molecule has 1 saturated heterocycles. The second-order valence-corrected chi connectivity index (χ2v) is 7.99. The summed E-state index contributed by atoms with van der Waals surface area (Å²) < 4.78 is 28.2. The zero-order chi connectivity index (χ0) is 18.4. The number of hydrogen-bond donors (Lipinski definition) is 1. The molecule has 1 amide bonds. The van der Waals surface area contributed by atoms with E-state index in [0.717, 1.165) is 32.4 Å². The van der Waals surface area contributed by atoms with Gasteiger partial charge in [0.2, 0.25) is 10.0 Å². The van der Waals surface area contributed by atoms with Gasteiger partial charge < -0.3 is 9.80 Å². The number of benzene rings is 1. The first-order chi connectivity index (χ1) is 11.9. The Morgan fingerprint density at radius 2 is 1.80 bits per heavy atom. The molecular formula is C18H29N3O3S. The Morgan fingerprint density at radius 1 is 1.16 bits per heavy atom. The number of hydrogen-bond acceptors (Lipinski definition) is 4. The van der Waals surface area contributed by atoms with Crippen LogP contribution in [0, 0.1) is 0 Å². The molecule has 1 aliphatic heterocycles. The molecule has 1 aliphatic rings. The first kappa shape index (κ1) is 19.7. The van der Waals surface area contributed by atoms with E-state index in [1.54, 1.807) is 17.0 Å². The zero-order valence-corrected chi connectivity index (χ0v) is 16.2. The molecule has 1 heterocycles. The van der Waals surface area contributed by atoms with Crippen LogP contribution in [-0.4, -0.2) is 51.9 Å². The van der Waals surface area contributed by atoms with Crippen LogP contribution in [-0.2, 0) is 10.0 Å². The third kappa shape index (κ3) is 4.52. The monoisotopic (exact) mass is 367 g/mol. The number of nitrogens with one attached hydrogen (secondary N) is 1. The smallest absolute Gasteiger partial charge is 0.253 e. The fraction of sp³-hybridized carbons (Fsp3) is 0.611. The molecule has 0 spiro atoms. The molecule has 1 aromatic carbocycles. The molecular weight excluding hydrogens is 338 g/mol. The molecule has 6 nitrogen and oxygen atoms in total. The maximum Gasteiger partial charge on any atom is 0.253 e. The van der Waals surface area contributed by atoms with Crippen LogP contribution in [0.2, 0.25) is 0 Å². The Balaban J connectivity index is 2.47. The highest BCUT2D eigenvalue weighted by Crippen LogP contribution is 2.29. The summed E-state index contributed by atoms with van der Waals surface area (Å²) in [6.07, 6.45) is 2.83. The summed E-state index contributed by atoms with van der Waals surface area (Å²) in [6.45, 7) is 9.03. The molecule has 1 fully saturated rings. The maximum atomic E-state index is 12.8. The molecule has 1 N–H and O–H groups in total. The van der Waals surface area contributed by atoms with Crippen molar-refractivity contribution in [3.05, 3.63) is 23.8 Å². The number of sulfonamides is 1.